The molecule has 0 spiro atoms. The van der Waals surface area contributed by atoms with Crippen LogP contribution in [0.25, 0.3) is 0 Å². The van der Waals surface area contributed by atoms with Crippen molar-refractivity contribution in [3.63, 3.8) is 0 Å². The van der Waals surface area contributed by atoms with E-state index in [0.29, 0.717) is 0 Å². The van der Waals surface area contributed by atoms with Crippen LogP contribution in [-0.4, -0.2) is 61.2 Å². The first kappa shape index (κ1) is 14.8. The summed E-state index contributed by atoms with van der Waals surface area (Å²) in [5.41, 5.74) is 0. The van der Waals surface area contributed by atoms with Gasteiger partial charge in [-0.05, 0) is 44.7 Å². The Morgan fingerprint density at radius 2 is 1.80 bits per heavy atom. The first-order chi connectivity index (χ1) is 9.86. The highest BCUT2D eigenvalue weighted by molar-refractivity contribution is 4.88. The molecule has 20 heavy (non-hydrogen) atoms. The summed E-state index contributed by atoms with van der Waals surface area (Å²) in [5.74, 6) is 0.902. The van der Waals surface area contributed by atoms with Crippen molar-refractivity contribution in [3.05, 3.63) is 0 Å². The Morgan fingerprint density at radius 1 is 0.950 bits per heavy atom. The van der Waals surface area contributed by atoms with Gasteiger partial charge in [0.2, 0.25) is 0 Å². The maximum atomic E-state index is 3.74. The van der Waals surface area contributed by atoms with Crippen LogP contribution in [0.1, 0.15) is 51.9 Å². The van der Waals surface area contributed by atoms with Crippen molar-refractivity contribution in [1.82, 2.24) is 15.1 Å². The Balaban J connectivity index is 1.51. The van der Waals surface area contributed by atoms with Crippen LogP contribution in [0, 0.1) is 5.92 Å². The van der Waals surface area contributed by atoms with Gasteiger partial charge in [-0.2, -0.15) is 0 Å². The van der Waals surface area contributed by atoms with Gasteiger partial charge in [-0.25, -0.2) is 0 Å². The molecule has 0 aromatic heterocycles. The van der Waals surface area contributed by atoms with Crippen molar-refractivity contribution in [2.24, 2.45) is 5.92 Å². The number of piperidine rings is 1. The quantitative estimate of drug-likeness (QED) is 0.852. The van der Waals surface area contributed by atoms with Crippen molar-refractivity contribution >= 4 is 0 Å². The smallest absolute Gasteiger partial charge is 0.0223 e. The third kappa shape index (κ3) is 3.55. The summed E-state index contributed by atoms with van der Waals surface area (Å²) >= 11 is 0. The predicted molar refractivity (Wildman–Crippen MR) is 85.1 cm³/mol. The molecule has 0 bridgehead atoms. The summed E-state index contributed by atoms with van der Waals surface area (Å²) in [4.78, 5) is 5.54. The Hall–Kier alpha value is -0.120. The van der Waals surface area contributed by atoms with Crippen molar-refractivity contribution in [2.75, 3.05) is 39.3 Å². The van der Waals surface area contributed by atoms with Gasteiger partial charge in [0.1, 0.15) is 0 Å². The van der Waals surface area contributed by atoms with E-state index < -0.39 is 0 Å². The highest BCUT2D eigenvalue weighted by atomic mass is 15.3. The second-order valence-electron chi connectivity index (χ2n) is 7.15. The molecule has 0 aromatic rings. The predicted octanol–water partition coefficient (Wildman–Crippen LogP) is 2.32. The fourth-order valence-corrected chi connectivity index (χ4v) is 4.67. The fourth-order valence-electron chi connectivity index (χ4n) is 4.67. The molecule has 1 aliphatic carbocycles. The van der Waals surface area contributed by atoms with E-state index in [-0.39, 0.29) is 0 Å². The number of nitrogens with zero attached hydrogens (tertiary/aromatic N) is 2. The van der Waals surface area contributed by atoms with Crippen LogP contribution in [-0.2, 0) is 0 Å². The first-order valence-corrected chi connectivity index (χ1v) is 9.06. The van der Waals surface area contributed by atoms with Crippen LogP contribution >= 0.6 is 0 Å². The third-order valence-corrected chi connectivity index (χ3v) is 5.79. The molecule has 3 rings (SSSR count). The van der Waals surface area contributed by atoms with Gasteiger partial charge in [-0.3, -0.25) is 4.90 Å². The van der Waals surface area contributed by atoms with E-state index in [2.05, 4.69) is 22.0 Å². The summed E-state index contributed by atoms with van der Waals surface area (Å²) < 4.78 is 0. The van der Waals surface area contributed by atoms with Crippen molar-refractivity contribution in [3.8, 4) is 0 Å². The van der Waals surface area contributed by atoms with Gasteiger partial charge in [0.15, 0.2) is 0 Å². The van der Waals surface area contributed by atoms with Crippen LogP contribution in [0.5, 0.6) is 0 Å². The van der Waals surface area contributed by atoms with Gasteiger partial charge in [-0.15, -0.1) is 0 Å². The number of nitrogens with one attached hydrogen (secondary N) is 1. The monoisotopic (exact) mass is 279 g/mol. The van der Waals surface area contributed by atoms with Crippen LogP contribution in [0.3, 0.4) is 0 Å². The molecule has 3 fully saturated rings. The average molecular weight is 279 g/mol. The number of hydrogen-bond donors (Lipinski definition) is 1. The van der Waals surface area contributed by atoms with Crippen LogP contribution in [0.15, 0.2) is 0 Å². The highest BCUT2D eigenvalue weighted by Gasteiger charge is 2.32. The minimum absolute atomic E-state index is 0.790. The lowest BCUT2D eigenvalue weighted by Gasteiger charge is -2.46. The number of rotatable bonds is 4. The van der Waals surface area contributed by atoms with E-state index in [0.717, 1.165) is 24.5 Å². The molecule has 0 aromatic carbocycles. The summed E-state index contributed by atoms with van der Waals surface area (Å²) in [7, 11) is 0. The number of hydrogen-bond acceptors (Lipinski definition) is 3. The van der Waals surface area contributed by atoms with Crippen molar-refractivity contribution < 1.29 is 0 Å². The molecule has 1 saturated carbocycles. The zero-order chi connectivity index (χ0) is 13.8. The lowest BCUT2D eigenvalue weighted by atomic mass is 9.83. The lowest BCUT2D eigenvalue weighted by Crippen LogP contribution is -2.56. The zero-order valence-corrected chi connectivity index (χ0v) is 13.3. The Bertz CT molecular complexity index is 292. The summed E-state index contributed by atoms with van der Waals surface area (Å²) in [6, 6.07) is 1.66. The molecule has 2 heterocycles. The Labute approximate surface area is 125 Å². The molecule has 3 aliphatic rings. The summed E-state index contributed by atoms with van der Waals surface area (Å²) in [5, 5.41) is 3.74. The second kappa shape index (κ2) is 7.24. The lowest BCUT2D eigenvalue weighted by molar-refractivity contribution is 0.0348. The van der Waals surface area contributed by atoms with Gasteiger partial charge in [0, 0.05) is 38.3 Å². The van der Waals surface area contributed by atoms with Gasteiger partial charge < -0.3 is 10.2 Å². The normalized spacial score (nSPS) is 36.8. The maximum absolute atomic E-state index is 3.74. The SMILES string of the molecule is CCNC1CCCCC1CN1CCN2CCCCC2C1. The third-order valence-electron chi connectivity index (χ3n) is 5.79. The highest BCUT2D eigenvalue weighted by Crippen LogP contribution is 2.27. The van der Waals surface area contributed by atoms with E-state index in [1.54, 1.807) is 0 Å². The average Bonchev–Trinajstić information content (AvgIpc) is 2.49. The minimum atomic E-state index is 0.790. The molecule has 3 nitrogen and oxygen atoms in total. The van der Waals surface area contributed by atoms with E-state index >= 15 is 0 Å². The van der Waals surface area contributed by atoms with Gasteiger partial charge >= 0.3 is 0 Å². The molecule has 3 heteroatoms. The fraction of sp³-hybridized carbons (Fsp3) is 1.00. The Morgan fingerprint density at radius 3 is 2.70 bits per heavy atom. The molecule has 3 atom stereocenters. The molecule has 3 unspecified atom stereocenters. The van der Waals surface area contributed by atoms with E-state index in [4.69, 9.17) is 0 Å². The largest absolute Gasteiger partial charge is 0.314 e. The molecular weight excluding hydrogens is 246 g/mol. The van der Waals surface area contributed by atoms with Crippen LogP contribution in [0.2, 0.25) is 0 Å². The molecule has 2 aliphatic heterocycles. The second-order valence-corrected chi connectivity index (χ2v) is 7.15. The first-order valence-electron chi connectivity index (χ1n) is 9.06. The topological polar surface area (TPSA) is 18.5 Å². The van der Waals surface area contributed by atoms with Crippen LogP contribution < -0.4 is 5.32 Å². The Kier molecular flexibility index (Phi) is 5.36. The molecule has 116 valence electrons. The summed E-state index contributed by atoms with van der Waals surface area (Å²) in [6.45, 7) is 10.1. The van der Waals surface area contributed by atoms with Crippen molar-refractivity contribution in [1.29, 1.82) is 0 Å². The van der Waals surface area contributed by atoms with E-state index in [9.17, 15) is 0 Å². The van der Waals surface area contributed by atoms with Gasteiger partial charge in [0.05, 0.1) is 0 Å². The molecule has 2 saturated heterocycles. The van der Waals surface area contributed by atoms with Crippen LogP contribution in [0.4, 0.5) is 0 Å². The molecule has 1 N–H and O–H groups in total. The molecule has 0 amide bonds. The van der Waals surface area contributed by atoms with Gasteiger partial charge in [0.25, 0.3) is 0 Å². The standard InChI is InChI=1S/C17H33N3/c1-2-18-17-9-4-3-7-15(17)13-19-11-12-20-10-6-5-8-16(20)14-19/h15-18H,2-14H2,1H3. The minimum Gasteiger partial charge on any atom is -0.314 e. The molecule has 0 radical (unpaired) electrons. The zero-order valence-electron chi connectivity index (χ0n) is 13.3. The van der Waals surface area contributed by atoms with E-state index in [1.807, 2.05) is 0 Å². The number of piperazine rings is 1. The van der Waals surface area contributed by atoms with E-state index in [1.165, 1.54) is 77.7 Å². The maximum Gasteiger partial charge on any atom is 0.0223 e. The summed E-state index contributed by atoms with van der Waals surface area (Å²) in [6.07, 6.45) is 10.1. The van der Waals surface area contributed by atoms with Gasteiger partial charge in [-0.1, -0.05) is 26.2 Å². The van der Waals surface area contributed by atoms with Crippen molar-refractivity contribution in [2.45, 2.75) is 64.0 Å². The number of fused-ring (bicyclic) bond motifs is 1. The molecular formula is C17H33N3.